The van der Waals surface area contributed by atoms with Crippen LogP contribution in [0.15, 0.2) is 24.3 Å². The lowest BCUT2D eigenvalue weighted by Gasteiger charge is -1.84. The van der Waals surface area contributed by atoms with Gasteiger partial charge in [-0.05, 0) is 12.8 Å². The second-order valence-corrected chi connectivity index (χ2v) is 2.06. The van der Waals surface area contributed by atoms with Crippen LogP contribution in [0.1, 0.15) is 12.8 Å². The van der Waals surface area contributed by atoms with Crippen LogP contribution in [-0.4, -0.2) is 22.2 Å². The fourth-order valence-corrected chi connectivity index (χ4v) is 0.561. The third-order valence-electron chi connectivity index (χ3n) is 1.02. The van der Waals surface area contributed by atoms with Crippen LogP contribution in [0.2, 0.25) is 0 Å². The monoisotopic (exact) mass is 170 g/mol. The molecule has 0 atom stereocenters. The number of carboxylic acid groups (broad SMARTS) is 2. The molecule has 4 heteroatoms. The van der Waals surface area contributed by atoms with E-state index in [1.54, 1.807) is 0 Å². The minimum atomic E-state index is -0.989. The van der Waals surface area contributed by atoms with Gasteiger partial charge in [-0.2, -0.15) is 0 Å². The van der Waals surface area contributed by atoms with Gasteiger partial charge in [-0.25, -0.2) is 9.59 Å². The molecule has 0 aromatic carbocycles. The van der Waals surface area contributed by atoms with E-state index in [-0.39, 0.29) is 0 Å². The number of carboxylic acids is 2. The van der Waals surface area contributed by atoms with E-state index in [0.29, 0.717) is 12.8 Å². The minimum absolute atomic E-state index is 0.538. The predicted octanol–water partition coefficient (Wildman–Crippen LogP) is 1.05. The zero-order valence-corrected chi connectivity index (χ0v) is 6.43. The van der Waals surface area contributed by atoms with Crippen molar-refractivity contribution in [1.82, 2.24) is 0 Å². The Balaban J connectivity index is 3.45. The second-order valence-electron chi connectivity index (χ2n) is 2.06. The van der Waals surface area contributed by atoms with Crippen molar-refractivity contribution in [2.24, 2.45) is 0 Å². The Bertz CT molecular complexity index is 191. The van der Waals surface area contributed by atoms with Gasteiger partial charge in [-0.3, -0.25) is 0 Å². The summed E-state index contributed by atoms with van der Waals surface area (Å²) in [5.74, 6) is -1.98. The van der Waals surface area contributed by atoms with Crippen molar-refractivity contribution in [1.29, 1.82) is 0 Å². The molecule has 0 rings (SSSR count). The summed E-state index contributed by atoms with van der Waals surface area (Å²) < 4.78 is 0. The van der Waals surface area contributed by atoms with Gasteiger partial charge < -0.3 is 10.2 Å². The van der Waals surface area contributed by atoms with Crippen LogP contribution in [-0.2, 0) is 9.59 Å². The maximum absolute atomic E-state index is 9.94. The molecule has 0 unspecified atom stereocenters. The van der Waals surface area contributed by atoms with Gasteiger partial charge in [-0.1, -0.05) is 12.2 Å². The maximum Gasteiger partial charge on any atom is 0.327 e. The normalized spacial score (nSPS) is 11.0. The molecule has 0 saturated heterocycles. The van der Waals surface area contributed by atoms with Crippen LogP contribution in [0.25, 0.3) is 0 Å². The minimum Gasteiger partial charge on any atom is -0.478 e. The van der Waals surface area contributed by atoms with Gasteiger partial charge >= 0.3 is 11.9 Å². The second kappa shape index (κ2) is 6.15. The van der Waals surface area contributed by atoms with E-state index in [9.17, 15) is 9.59 Å². The first-order valence-electron chi connectivity index (χ1n) is 3.42. The summed E-state index contributed by atoms with van der Waals surface area (Å²) in [5, 5.41) is 16.3. The van der Waals surface area contributed by atoms with Crippen molar-refractivity contribution >= 4 is 11.9 Å². The van der Waals surface area contributed by atoms with Crippen LogP contribution in [0.3, 0.4) is 0 Å². The molecule has 0 aromatic heterocycles. The first kappa shape index (κ1) is 10.4. The summed E-state index contributed by atoms with van der Waals surface area (Å²) in [6, 6.07) is 0. The fourth-order valence-electron chi connectivity index (χ4n) is 0.561. The Kier molecular flexibility index (Phi) is 5.34. The Morgan fingerprint density at radius 3 is 1.50 bits per heavy atom. The molecule has 0 saturated carbocycles. The molecule has 0 aliphatic carbocycles. The van der Waals surface area contributed by atoms with Crippen LogP contribution < -0.4 is 0 Å². The molecule has 0 aliphatic heterocycles. The summed E-state index contributed by atoms with van der Waals surface area (Å²) in [5.41, 5.74) is 0. The molecule has 0 amide bonds. The zero-order chi connectivity index (χ0) is 9.40. The number of rotatable bonds is 5. The van der Waals surface area contributed by atoms with Crippen molar-refractivity contribution in [3.05, 3.63) is 24.3 Å². The molecule has 0 aromatic rings. The Hall–Kier alpha value is -1.58. The predicted molar refractivity (Wildman–Crippen MR) is 42.8 cm³/mol. The van der Waals surface area contributed by atoms with E-state index in [2.05, 4.69) is 0 Å². The highest BCUT2D eigenvalue weighted by molar-refractivity contribution is 5.80. The third-order valence-corrected chi connectivity index (χ3v) is 1.02. The highest BCUT2D eigenvalue weighted by Gasteiger charge is 1.85. The van der Waals surface area contributed by atoms with Crippen molar-refractivity contribution in [2.75, 3.05) is 0 Å². The molecule has 0 aliphatic rings. The summed E-state index contributed by atoms with van der Waals surface area (Å²) in [7, 11) is 0. The highest BCUT2D eigenvalue weighted by Crippen LogP contribution is 1.92. The van der Waals surface area contributed by atoms with Crippen LogP contribution in [0.4, 0.5) is 0 Å². The lowest BCUT2D eigenvalue weighted by molar-refractivity contribution is -0.132. The first-order valence-corrected chi connectivity index (χ1v) is 3.42. The number of allylic oxidation sites excluding steroid dienone is 2. The molecule has 0 heterocycles. The van der Waals surface area contributed by atoms with E-state index >= 15 is 0 Å². The molecule has 0 radical (unpaired) electrons. The van der Waals surface area contributed by atoms with Crippen molar-refractivity contribution in [3.8, 4) is 0 Å². The van der Waals surface area contributed by atoms with Crippen molar-refractivity contribution in [3.63, 3.8) is 0 Å². The molecular formula is C8H10O4. The molecular weight excluding hydrogens is 160 g/mol. The van der Waals surface area contributed by atoms with E-state index in [1.165, 1.54) is 12.2 Å². The zero-order valence-electron chi connectivity index (χ0n) is 6.43. The molecule has 2 N–H and O–H groups in total. The Morgan fingerprint density at radius 2 is 1.25 bits per heavy atom. The first-order chi connectivity index (χ1) is 5.63. The summed E-state index contributed by atoms with van der Waals surface area (Å²) in [6.07, 6.45) is 6.11. The third kappa shape index (κ3) is 8.42. The molecule has 0 bridgehead atoms. The van der Waals surface area contributed by atoms with Gasteiger partial charge in [0.1, 0.15) is 0 Å². The van der Waals surface area contributed by atoms with Gasteiger partial charge in [0, 0.05) is 12.2 Å². The summed E-state index contributed by atoms with van der Waals surface area (Å²) >= 11 is 0. The van der Waals surface area contributed by atoms with Gasteiger partial charge in [0.2, 0.25) is 0 Å². The Labute approximate surface area is 69.8 Å². The lowest BCUT2D eigenvalue weighted by atomic mass is 10.2. The topological polar surface area (TPSA) is 74.6 Å². The molecule has 0 spiro atoms. The number of hydrogen-bond acceptors (Lipinski definition) is 2. The lowest BCUT2D eigenvalue weighted by Crippen LogP contribution is -1.86. The van der Waals surface area contributed by atoms with E-state index < -0.39 is 11.9 Å². The van der Waals surface area contributed by atoms with Crippen LogP contribution >= 0.6 is 0 Å². The fraction of sp³-hybridized carbons (Fsp3) is 0.250. The smallest absolute Gasteiger partial charge is 0.327 e. The highest BCUT2D eigenvalue weighted by atomic mass is 16.4. The van der Waals surface area contributed by atoms with E-state index in [0.717, 1.165) is 12.2 Å². The van der Waals surface area contributed by atoms with E-state index in [4.69, 9.17) is 10.2 Å². The largest absolute Gasteiger partial charge is 0.478 e. The molecule has 0 fully saturated rings. The van der Waals surface area contributed by atoms with Gasteiger partial charge in [0.25, 0.3) is 0 Å². The van der Waals surface area contributed by atoms with Crippen molar-refractivity contribution in [2.45, 2.75) is 12.8 Å². The standard InChI is InChI=1S/C8H10O4/c9-7(10)5-3-1-2-4-6-8(11)12/h3-6H,1-2H2,(H,9,10)(H,11,12)/b5-3-,6-4+. The number of unbranched alkanes of at least 4 members (excludes halogenated alkanes) is 1. The average Bonchev–Trinajstić information content (AvgIpc) is 1.95. The molecule has 12 heavy (non-hydrogen) atoms. The van der Waals surface area contributed by atoms with E-state index in [1.807, 2.05) is 0 Å². The SMILES string of the molecule is O=C(O)/C=C\CC/C=C/C(=O)O. The average molecular weight is 170 g/mol. The number of aliphatic carboxylic acids is 2. The molecule has 66 valence electrons. The van der Waals surface area contributed by atoms with Gasteiger partial charge in [0.05, 0.1) is 0 Å². The van der Waals surface area contributed by atoms with Gasteiger partial charge in [0.15, 0.2) is 0 Å². The maximum atomic E-state index is 9.94. The number of carbonyl (C=O) groups is 2. The van der Waals surface area contributed by atoms with Crippen molar-refractivity contribution < 1.29 is 19.8 Å². The summed E-state index contributed by atoms with van der Waals surface area (Å²) in [4.78, 5) is 19.9. The van der Waals surface area contributed by atoms with Crippen LogP contribution in [0, 0.1) is 0 Å². The number of hydrogen-bond donors (Lipinski definition) is 2. The van der Waals surface area contributed by atoms with Crippen LogP contribution in [0.5, 0.6) is 0 Å². The Morgan fingerprint density at radius 1 is 0.917 bits per heavy atom. The molecule has 4 nitrogen and oxygen atoms in total. The van der Waals surface area contributed by atoms with Gasteiger partial charge in [-0.15, -0.1) is 0 Å². The quantitative estimate of drug-likeness (QED) is 0.477. The summed E-state index contributed by atoms with van der Waals surface area (Å²) in [6.45, 7) is 0.